The Morgan fingerprint density at radius 2 is 1.40 bits per heavy atom. The van der Waals surface area contributed by atoms with E-state index in [0.717, 1.165) is 30.4 Å². The second-order valence-electron chi connectivity index (χ2n) is 4.90. The van der Waals surface area contributed by atoms with Gasteiger partial charge in [0.05, 0.1) is 20.1 Å². The molecule has 2 nitrogen and oxygen atoms in total. The topological polar surface area (TPSA) is 20.2 Å². The molecule has 0 saturated carbocycles. The van der Waals surface area contributed by atoms with E-state index in [4.69, 9.17) is 0 Å². The third-order valence-corrected chi connectivity index (χ3v) is 3.31. The maximum Gasteiger partial charge on any atom is 0.190 e. The molecule has 0 fully saturated rings. The van der Waals surface area contributed by atoms with Crippen molar-refractivity contribution in [2.75, 3.05) is 20.1 Å². The summed E-state index contributed by atoms with van der Waals surface area (Å²) >= 11 is 0. The summed E-state index contributed by atoms with van der Waals surface area (Å²) in [6.07, 6.45) is 6.74. The largest absolute Gasteiger partial charge is 0.345 e. The number of quaternary nitrogens is 1. The first kappa shape index (κ1) is 14.9. The van der Waals surface area contributed by atoms with Crippen molar-refractivity contribution in [2.24, 2.45) is 0 Å². The van der Waals surface area contributed by atoms with Gasteiger partial charge in [-0.1, -0.05) is 33.6 Å². The highest BCUT2D eigenvalue weighted by Crippen LogP contribution is 2.16. The summed E-state index contributed by atoms with van der Waals surface area (Å²) in [5, 5.41) is 10.2. The van der Waals surface area contributed by atoms with Crippen molar-refractivity contribution in [3.05, 3.63) is 0 Å². The van der Waals surface area contributed by atoms with Gasteiger partial charge in [-0.3, -0.25) is 0 Å². The molecule has 0 heterocycles. The monoisotopic (exact) mass is 216 g/mol. The molecule has 0 aliphatic heterocycles. The van der Waals surface area contributed by atoms with Gasteiger partial charge in [-0.15, -0.1) is 0 Å². The van der Waals surface area contributed by atoms with Crippen molar-refractivity contribution >= 4 is 0 Å². The number of rotatable bonds is 9. The third-order valence-electron chi connectivity index (χ3n) is 3.31. The minimum absolute atomic E-state index is 0.159. The van der Waals surface area contributed by atoms with Gasteiger partial charge in [0.2, 0.25) is 0 Å². The molecule has 1 unspecified atom stereocenters. The lowest BCUT2D eigenvalue weighted by molar-refractivity contribution is -0.955. The number of aliphatic hydroxyl groups is 1. The molecule has 15 heavy (non-hydrogen) atoms. The van der Waals surface area contributed by atoms with E-state index in [-0.39, 0.29) is 6.23 Å². The number of hydrogen-bond acceptors (Lipinski definition) is 1. The Morgan fingerprint density at radius 3 is 1.73 bits per heavy atom. The molecule has 2 heteroatoms. The predicted octanol–water partition coefficient (Wildman–Crippen LogP) is 3.15. The fourth-order valence-electron chi connectivity index (χ4n) is 2.02. The Balaban J connectivity index is 4.23. The molecule has 0 rings (SSSR count). The summed E-state index contributed by atoms with van der Waals surface area (Å²) in [6.45, 7) is 8.83. The molecule has 92 valence electrons. The van der Waals surface area contributed by atoms with Crippen molar-refractivity contribution in [1.82, 2.24) is 0 Å². The van der Waals surface area contributed by atoms with Crippen LogP contribution in [0.1, 0.15) is 59.3 Å². The van der Waals surface area contributed by atoms with Gasteiger partial charge in [-0.05, 0) is 19.3 Å². The van der Waals surface area contributed by atoms with Crippen LogP contribution in [-0.2, 0) is 0 Å². The Bertz CT molecular complexity index is 139. The average Bonchev–Trinajstić information content (AvgIpc) is 2.24. The van der Waals surface area contributed by atoms with Crippen molar-refractivity contribution in [1.29, 1.82) is 0 Å². The second kappa shape index (κ2) is 8.12. The van der Waals surface area contributed by atoms with Crippen LogP contribution in [0.5, 0.6) is 0 Å². The Morgan fingerprint density at radius 1 is 0.933 bits per heavy atom. The molecule has 0 spiro atoms. The number of hydrogen-bond donors (Lipinski definition) is 1. The third kappa shape index (κ3) is 5.53. The molecule has 0 saturated heterocycles. The molecule has 0 aromatic heterocycles. The fourth-order valence-corrected chi connectivity index (χ4v) is 2.02. The minimum Gasteiger partial charge on any atom is -0.345 e. The molecule has 0 bridgehead atoms. The SMILES string of the molecule is CCCC[N+](C)(CCCC)C(O)CCC. The molecule has 1 atom stereocenters. The van der Waals surface area contributed by atoms with Crippen LogP contribution in [0.3, 0.4) is 0 Å². The Labute approximate surface area is 95.9 Å². The van der Waals surface area contributed by atoms with Crippen LogP contribution in [-0.4, -0.2) is 36.0 Å². The summed E-state index contributed by atoms with van der Waals surface area (Å²) in [4.78, 5) is 0. The lowest BCUT2D eigenvalue weighted by Crippen LogP contribution is -2.53. The zero-order valence-corrected chi connectivity index (χ0v) is 11.1. The van der Waals surface area contributed by atoms with Gasteiger partial charge in [-0.2, -0.15) is 0 Å². The Hall–Kier alpha value is -0.0800. The molecule has 0 aromatic rings. The van der Waals surface area contributed by atoms with Crippen molar-refractivity contribution < 1.29 is 9.59 Å². The highest BCUT2D eigenvalue weighted by molar-refractivity contribution is 4.48. The van der Waals surface area contributed by atoms with E-state index in [1.54, 1.807) is 0 Å². The molecule has 0 aliphatic carbocycles. The average molecular weight is 216 g/mol. The first-order chi connectivity index (χ1) is 7.10. The van der Waals surface area contributed by atoms with Gasteiger partial charge in [-0.25, -0.2) is 0 Å². The van der Waals surface area contributed by atoms with Gasteiger partial charge in [0.25, 0.3) is 0 Å². The van der Waals surface area contributed by atoms with Gasteiger partial charge in [0, 0.05) is 6.42 Å². The van der Waals surface area contributed by atoms with Gasteiger partial charge in [0.15, 0.2) is 6.23 Å². The maximum absolute atomic E-state index is 10.2. The van der Waals surface area contributed by atoms with Crippen molar-refractivity contribution in [3.8, 4) is 0 Å². The first-order valence-electron chi connectivity index (χ1n) is 6.63. The van der Waals surface area contributed by atoms with Crippen LogP contribution in [0.15, 0.2) is 0 Å². The van der Waals surface area contributed by atoms with Crippen LogP contribution >= 0.6 is 0 Å². The fraction of sp³-hybridized carbons (Fsp3) is 1.00. The summed E-state index contributed by atoms with van der Waals surface area (Å²) in [5.41, 5.74) is 0. The number of aliphatic hydroxyl groups excluding tert-OH is 1. The highest BCUT2D eigenvalue weighted by atomic mass is 16.3. The second-order valence-corrected chi connectivity index (χ2v) is 4.90. The van der Waals surface area contributed by atoms with E-state index in [0.29, 0.717) is 0 Å². The first-order valence-corrected chi connectivity index (χ1v) is 6.63. The maximum atomic E-state index is 10.2. The van der Waals surface area contributed by atoms with E-state index in [2.05, 4.69) is 27.8 Å². The minimum atomic E-state index is -0.159. The molecule has 0 aromatic carbocycles. The molecule has 0 radical (unpaired) electrons. The number of nitrogens with zero attached hydrogens (tertiary/aromatic N) is 1. The summed E-state index contributed by atoms with van der Waals surface area (Å²) in [6, 6.07) is 0. The van der Waals surface area contributed by atoms with Crippen molar-refractivity contribution in [3.63, 3.8) is 0 Å². The summed E-state index contributed by atoms with van der Waals surface area (Å²) < 4.78 is 0.857. The Kier molecular flexibility index (Phi) is 8.07. The van der Waals surface area contributed by atoms with Gasteiger partial charge in [0.1, 0.15) is 0 Å². The molecular weight excluding hydrogens is 186 g/mol. The summed E-state index contributed by atoms with van der Waals surface area (Å²) in [7, 11) is 2.21. The van der Waals surface area contributed by atoms with Crippen LogP contribution in [0.25, 0.3) is 0 Å². The molecule has 1 N–H and O–H groups in total. The quantitative estimate of drug-likeness (QED) is 0.464. The summed E-state index contributed by atoms with van der Waals surface area (Å²) in [5.74, 6) is 0. The normalized spacial score (nSPS) is 14.2. The molecule has 0 aliphatic rings. The van der Waals surface area contributed by atoms with E-state index in [1.807, 2.05) is 0 Å². The van der Waals surface area contributed by atoms with Gasteiger partial charge >= 0.3 is 0 Å². The van der Waals surface area contributed by atoms with Crippen LogP contribution in [0.2, 0.25) is 0 Å². The van der Waals surface area contributed by atoms with Crippen molar-refractivity contribution in [2.45, 2.75) is 65.5 Å². The lowest BCUT2D eigenvalue weighted by Gasteiger charge is -2.39. The number of unbranched alkanes of at least 4 members (excludes halogenated alkanes) is 2. The highest BCUT2D eigenvalue weighted by Gasteiger charge is 2.28. The molecule has 0 amide bonds. The predicted molar refractivity (Wildman–Crippen MR) is 66.6 cm³/mol. The molecular formula is C13H30NO+. The van der Waals surface area contributed by atoms with Crippen LogP contribution in [0, 0.1) is 0 Å². The zero-order valence-electron chi connectivity index (χ0n) is 11.1. The smallest absolute Gasteiger partial charge is 0.190 e. The zero-order chi connectivity index (χ0) is 11.7. The van der Waals surface area contributed by atoms with E-state index in [1.165, 1.54) is 25.7 Å². The van der Waals surface area contributed by atoms with E-state index < -0.39 is 0 Å². The van der Waals surface area contributed by atoms with Gasteiger partial charge < -0.3 is 9.59 Å². The van der Waals surface area contributed by atoms with Crippen LogP contribution in [0.4, 0.5) is 0 Å². The van der Waals surface area contributed by atoms with Crippen LogP contribution < -0.4 is 0 Å². The standard InChI is InChI=1S/C13H30NO/c1-5-8-11-14(4,12-9-6-2)13(15)10-7-3/h13,15H,5-12H2,1-4H3/q+1. The van der Waals surface area contributed by atoms with E-state index >= 15 is 0 Å². The lowest BCUT2D eigenvalue weighted by atomic mass is 10.1. The van der Waals surface area contributed by atoms with E-state index in [9.17, 15) is 5.11 Å².